The summed E-state index contributed by atoms with van der Waals surface area (Å²) in [6.45, 7) is 6.73. The molecule has 120 valence electrons. The second-order valence-corrected chi connectivity index (χ2v) is 7.65. The molecular weight excluding hydrogens is 292 g/mol. The minimum Gasteiger partial charge on any atom is -0.480 e. The van der Waals surface area contributed by atoms with Gasteiger partial charge in [0.25, 0.3) is 0 Å². The summed E-state index contributed by atoms with van der Waals surface area (Å²) in [6.07, 6.45) is 1.06. The van der Waals surface area contributed by atoms with E-state index in [0.717, 1.165) is 0 Å². The lowest BCUT2D eigenvalue weighted by Crippen LogP contribution is -2.55. The number of hydrogen-bond acceptors (Lipinski definition) is 4. The van der Waals surface area contributed by atoms with Crippen molar-refractivity contribution in [2.24, 2.45) is 5.92 Å². The van der Waals surface area contributed by atoms with Crippen LogP contribution < -0.4 is 0 Å². The number of rotatable bonds is 2. The van der Waals surface area contributed by atoms with E-state index in [2.05, 4.69) is 0 Å². The number of amides is 2. The molecule has 0 aromatic heterocycles. The van der Waals surface area contributed by atoms with Crippen molar-refractivity contribution < 1.29 is 19.8 Å². The number of carbonyl (C=O) groups is 2. The molecule has 0 aliphatic carbocycles. The van der Waals surface area contributed by atoms with Crippen molar-refractivity contribution in [2.45, 2.75) is 50.6 Å². The summed E-state index contributed by atoms with van der Waals surface area (Å²) in [5, 5.41) is 19.2. The molecule has 2 aliphatic heterocycles. The SMILES string of the molecule is CC(C)C1SCC(C(=O)O)N1C(=O)N1CCC(C)(O)CC1. The minimum absolute atomic E-state index is 0.0963. The van der Waals surface area contributed by atoms with Gasteiger partial charge in [0.1, 0.15) is 6.04 Å². The number of carbonyl (C=O) groups excluding carboxylic acids is 1. The van der Waals surface area contributed by atoms with Gasteiger partial charge in [-0.25, -0.2) is 9.59 Å². The first-order valence-electron chi connectivity index (χ1n) is 7.37. The minimum atomic E-state index is -0.942. The van der Waals surface area contributed by atoms with E-state index in [9.17, 15) is 19.8 Å². The van der Waals surface area contributed by atoms with Gasteiger partial charge >= 0.3 is 12.0 Å². The first-order valence-corrected chi connectivity index (χ1v) is 8.42. The van der Waals surface area contributed by atoms with Crippen molar-refractivity contribution in [3.8, 4) is 0 Å². The third-order valence-corrected chi connectivity index (χ3v) is 5.84. The number of hydrogen-bond donors (Lipinski definition) is 2. The number of carboxylic acids is 1. The van der Waals surface area contributed by atoms with Crippen molar-refractivity contribution in [2.75, 3.05) is 18.8 Å². The molecule has 2 aliphatic rings. The van der Waals surface area contributed by atoms with Gasteiger partial charge in [-0.15, -0.1) is 11.8 Å². The van der Waals surface area contributed by atoms with E-state index in [-0.39, 0.29) is 17.3 Å². The van der Waals surface area contributed by atoms with Crippen LogP contribution in [0.25, 0.3) is 0 Å². The molecule has 2 fully saturated rings. The molecule has 21 heavy (non-hydrogen) atoms. The van der Waals surface area contributed by atoms with E-state index in [4.69, 9.17) is 0 Å². The molecule has 6 nitrogen and oxygen atoms in total. The fourth-order valence-corrected chi connectivity index (χ4v) is 4.28. The predicted octanol–water partition coefficient (Wildman–Crippen LogP) is 1.44. The summed E-state index contributed by atoms with van der Waals surface area (Å²) in [4.78, 5) is 27.3. The number of carboxylic acid groups (broad SMARTS) is 1. The Labute approximate surface area is 129 Å². The van der Waals surface area contributed by atoms with E-state index in [0.29, 0.717) is 31.7 Å². The summed E-state index contributed by atoms with van der Waals surface area (Å²) < 4.78 is 0. The average Bonchev–Trinajstić information content (AvgIpc) is 2.82. The molecular formula is C14H24N2O4S. The number of likely N-dealkylation sites (tertiary alicyclic amines) is 1. The second kappa shape index (κ2) is 6.04. The van der Waals surface area contributed by atoms with Crippen molar-refractivity contribution in [1.82, 2.24) is 9.80 Å². The number of thioether (sulfide) groups is 1. The molecule has 7 heteroatoms. The van der Waals surface area contributed by atoms with Gasteiger partial charge in [-0.3, -0.25) is 4.90 Å². The summed E-state index contributed by atoms with van der Waals surface area (Å²) in [5.41, 5.74) is -0.722. The van der Waals surface area contributed by atoms with E-state index >= 15 is 0 Å². The van der Waals surface area contributed by atoms with Crippen LogP contribution in [0.5, 0.6) is 0 Å². The molecule has 2 amide bonds. The maximum Gasteiger partial charge on any atom is 0.327 e. The highest BCUT2D eigenvalue weighted by molar-refractivity contribution is 8.00. The number of aliphatic carboxylic acids is 1. The van der Waals surface area contributed by atoms with Gasteiger partial charge in [-0.2, -0.15) is 0 Å². The van der Waals surface area contributed by atoms with Crippen molar-refractivity contribution in [1.29, 1.82) is 0 Å². The van der Waals surface area contributed by atoms with Crippen LogP contribution in [0.3, 0.4) is 0 Å². The van der Waals surface area contributed by atoms with Crippen LogP contribution in [0.2, 0.25) is 0 Å². The molecule has 0 spiro atoms. The average molecular weight is 316 g/mol. The monoisotopic (exact) mass is 316 g/mol. The van der Waals surface area contributed by atoms with Crippen LogP contribution in [-0.2, 0) is 4.79 Å². The van der Waals surface area contributed by atoms with Gasteiger partial charge in [0, 0.05) is 18.8 Å². The van der Waals surface area contributed by atoms with Crippen LogP contribution in [0.15, 0.2) is 0 Å². The maximum atomic E-state index is 12.7. The molecule has 2 unspecified atom stereocenters. The first-order chi connectivity index (χ1) is 9.73. The maximum absolute atomic E-state index is 12.7. The van der Waals surface area contributed by atoms with Gasteiger partial charge in [0.05, 0.1) is 11.0 Å². The van der Waals surface area contributed by atoms with Crippen LogP contribution in [0.4, 0.5) is 4.79 Å². The molecule has 2 atom stereocenters. The topological polar surface area (TPSA) is 81.1 Å². The molecule has 0 aromatic carbocycles. The van der Waals surface area contributed by atoms with Crippen molar-refractivity contribution in [3.05, 3.63) is 0 Å². The van der Waals surface area contributed by atoms with Crippen molar-refractivity contribution >= 4 is 23.8 Å². The molecule has 0 radical (unpaired) electrons. The van der Waals surface area contributed by atoms with Crippen LogP contribution in [-0.4, -0.2) is 67.9 Å². The molecule has 0 saturated carbocycles. The zero-order valence-electron chi connectivity index (χ0n) is 12.8. The Hall–Kier alpha value is -0.950. The Bertz CT molecular complexity index is 417. The Balaban J connectivity index is 2.12. The second-order valence-electron chi connectivity index (χ2n) is 6.50. The summed E-state index contributed by atoms with van der Waals surface area (Å²) in [6, 6.07) is -0.959. The van der Waals surface area contributed by atoms with Crippen LogP contribution in [0, 0.1) is 5.92 Å². The normalized spacial score (nSPS) is 29.0. The molecule has 0 aromatic rings. The van der Waals surface area contributed by atoms with Crippen molar-refractivity contribution in [3.63, 3.8) is 0 Å². The zero-order chi connectivity index (χ0) is 15.8. The van der Waals surface area contributed by atoms with E-state index in [1.165, 1.54) is 16.7 Å². The quantitative estimate of drug-likeness (QED) is 0.805. The fourth-order valence-electron chi connectivity index (χ4n) is 2.82. The van der Waals surface area contributed by atoms with Crippen LogP contribution in [0.1, 0.15) is 33.6 Å². The lowest BCUT2D eigenvalue weighted by molar-refractivity contribution is -0.141. The highest BCUT2D eigenvalue weighted by atomic mass is 32.2. The Kier molecular flexibility index (Phi) is 4.72. The highest BCUT2D eigenvalue weighted by Crippen LogP contribution is 2.35. The van der Waals surface area contributed by atoms with E-state index < -0.39 is 17.6 Å². The summed E-state index contributed by atoms with van der Waals surface area (Å²) in [7, 11) is 0. The Morgan fingerprint density at radius 1 is 1.29 bits per heavy atom. The molecule has 2 saturated heterocycles. The summed E-state index contributed by atoms with van der Waals surface area (Å²) in [5.74, 6) is -0.297. The molecule has 2 heterocycles. The molecule has 0 bridgehead atoms. The van der Waals surface area contributed by atoms with Crippen LogP contribution >= 0.6 is 11.8 Å². The number of aliphatic hydroxyl groups is 1. The van der Waals surface area contributed by atoms with Gasteiger partial charge < -0.3 is 15.1 Å². The Morgan fingerprint density at radius 2 is 1.86 bits per heavy atom. The lowest BCUT2D eigenvalue weighted by atomic mass is 9.94. The zero-order valence-corrected chi connectivity index (χ0v) is 13.6. The number of urea groups is 1. The smallest absolute Gasteiger partial charge is 0.327 e. The lowest BCUT2D eigenvalue weighted by Gasteiger charge is -2.40. The highest BCUT2D eigenvalue weighted by Gasteiger charge is 2.45. The molecule has 2 rings (SSSR count). The van der Waals surface area contributed by atoms with E-state index in [1.54, 1.807) is 11.8 Å². The summed E-state index contributed by atoms with van der Waals surface area (Å²) >= 11 is 1.54. The van der Waals surface area contributed by atoms with E-state index in [1.807, 2.05) is 13.8 Å². The number of piperidine rings is 1. The van der Waals surface area contributed by atoms with Gasteiger partial charge in [-0.05, 0) is 25.7 Å². The first kappa shape index (κ1) is 16.4. The van der Waals surface area contributed by atoms with Gasteiger partial charge in [-0.1, -0.05) is 13.8 Å². The number of nitrogens with zero attached hydrogens (tertiary/aromatic N) is 2. The predicted molar refractivity (Wildman–Crippen MR) is 81.2 cm³/mol. The standard InChI is InChI=1S/C14H24N2O4S/c1-9(2)11-16(10(8-21-11)12(17)18)13(19)15-6-4-14(3,20)5-7-15/h9-11,20H,4-8H2,1-3H3,(H,17,18). The van der Waals surface area contributed by atoms with Gasteiger partial charge in [0.15, 0.2) is 0 Å². The Morgan fingerprint density at radius 3 is 2.33 bits per heavy atom. The van der Waals surface area contributed by atoms with Gasteiger partial charge in [0.2, 0.25) is 0 Å². The third-order valence-electron chi connectivity index (χ3n) is 4.22. The molecule has 2 N–H and O–H groups in total. The largest absolute Gasteiger partial charge is 0.480 e. The fraction of sp³-hybridized carbons (Fsp3) is 0.857. The third kappa shape index (κ3) is 3.45.